The van der Waals surface area contributed by atoms with Gasteiger partial charge in [-0.2, -0.15) is 0 Å². The molecule has 0 aliphatic rings. The zero-order chi connectivity index (χ0) is 11.4. The molecule has 0 aromatic heterocycles. The van der Waals surface area contributed by atoms with Crippen LogP contribution in [0.1, 0.15) is 17.9 Å². The van der Waals surface area contributed by atoms with Crippen LogP contribution in [0.4, 0.5) is 8.78 Å². The third-order valence-corrected chi connectivity index (χ3v) is 2.71. The van der Waals surface area contributed by atoms with E-state index in [9.17, 15) is 8.78 Å². The zero-order valence-corrected chi connectivity index (χ0v) is 10.4. The maximum atomic E-state index is 12.5. The summed E-state index contributed by atoms with van der Waals surface area (Å²) in [5.41, 5.74) is 0.308. The molecule has 84 valence electrons. The van der Waals surface area contributed by atoms with Gasteiger partial charge in [0.25, 0.3) is 6.43 Å². The first-order chi connectivity index (χ1) is 7.06. The number of benzene rings is 1. The van der Waals surface area contributed by atoms with Crippen molar-refractivity contribution in [3.63, 3.8) is 0 Å². The molecule has 0 saturated heterocycles. The molecule has 0 saturated carbocycles. The Bertz CT molecular complexity index is 333. The second-order valence-electron chi connectivity index (χ2n) is 2.85. The smallest absolute Gasteiger partial charge is 0.258 e. The molecule has 1 atom stereocenters. The summed E-state index contributed by atoms with van der Waals surface area (Å²) >= 11 is 8.81. The van der Waals surface area contributed by atoms with Crippen molar-refractivity contribution < 1.29 is 13.5 Å². The van der Waals surface area contributed by atoms with E-state index in [0.717, 1.165) is 0 Å². The average Bonchev–Trinajstić information content (AvgIpc) is 2.20. The van der Waals surface area contributed by atoms with Crippen molar-refractivity contribution in [2.75, 3.05) is 6.61 Å². The lowest BCUT2D eigenvalue weighted by Crippen LogP contribution is -2.05. The van der Waals surface area contributed by atoms with Gasteiger partial charge >= 0.3 is 0 Å². The SMILES string of the molecule is CCOc1ccc(Br)cc1C(Cl)C(F)F. The molecule has 1 aromatic rings. The second-order valence-corrected chi connectivity index (χ2v) is 4.24. The van der Waals surface area contributed by atoms with Gasteiger partial charge in [-0.1, -0.05) is 15.9 Å². The summed E-state index contributed by atoms with van der Waals surface area (Å²) in [4.78, 5) is 0. The van der Waals surface area contributed by atoms with Crippen molar-refractivity contribution in [1.29, 1.82) is 0 Å². The van der Waals surface area contributed by atoms with Crippen molar-refractivity contribution in [1.82, 2.24) is 0 Å². The highest BCUT2D eigenvalue weighted by Crippen LogP contribution is 2.36. The van der Waals surface area contributed by atoms with Crippen LogP contribution in [0.25, 0.3) is 0 Å². The Hall–Kier alpha value is -0.350. The molecular formula is C10H10BrClF2O. The second kappa shape index (κ2) is 5.66. The number of hydrogen-bond acceptors (Lipinski definition) is 1. The van der Waals surface area contributed by atoms with E-state index < -0.39 is 11.8 Å². The quantitative estimate of drug-likeness (QED) is 0.749. The fourth-order valence-electron chi connectivity index (χ4n) is 1.16. The number of rotatable bonds is 4. The van der Waals surface area contributed by atoms with E-state index in [-0.39, 0.29) is 0 Å². The van der Waals surface area contributed by atoms with Crippen LogP contribution < -0.4 is 4.74 Å². The van der Waals surface area contributed by atoms with Crippen molar-refractivity contribution >= 4 is 27.5 Å². The van der Waals surface area contributed by atoms with Crippen LogP contribution >= 0.6 is 27.5 Å². The molecule has 0 fully saturated rings. The van der Waals surface area contributed by atoms with Gasteiger partial charge in [0.15, 0.2) is 0 Å². The average molecular weight is 300 g/mol. The fourth-order valence-corrected chi connectivity index (χ4v) is 1.71. The predicted octanol–water partition coefficient (Wildman–Crippen LogP) is 4.39. The van der Waals surface area contributed by atoms with Crippen LogP contribution in [-0.4, -0.2) is 13.0 Å². The summed E-state index contributed by atoms with van der Waals surface area (Å²) in [5, 5.41) is -1.34. The van der Waals surface area contributed by atoms with Crippen molar-refractivity contribution in [2.24, 2.45) is 0 Å². The number of halogens is 4. The van der Waals surface area contributed by atoms with Gasteiger partial charge in [0, 0.05) is 10.0 Å². The summed E-state index contributed by atoms with van der Waals surface area (Å²) < 4.78 is 30.9. The monoisotopic (exact) mass is 298 g/mol. The molecular weight excluding hydrogens is 289 g/mol. The van der Waals surface area contributed by atoms with Crippen LogP contribution in [0.15, 0.2) is 22.7 Å². The van der Waals surface area contributed by atoms with E-state index in [0.29, 0.717) is 22.4 Å². The van der Waals surface area contributed by atoms with E-state index in [1.54, 1.807) is 25.1 Å². The van der Waals surface area contributed by atoms with E-state index in [4.69, 9.17) is 16.3 Å². The topological polar surface area (TPSA) is 9.23 Å². The van der Waals surface area contributed by atoms with Crippen molar-refractivity contribution in [3.05, 3.63) is 28.2 Å². The number of hydrogen-bond donors (Lipinski definition) is 0. The molecule has 5 heteroatoms. The van der Waals surface area contributed by atoms with Gasteiger partial charge in [-0.3, -0.25) is 0 Å². The lowest BCUT2D eigenvalue weighted by atomic mass is 10.1. The Morgan fingerprint density at radius 2 is 2.13 bits per heavy atom. The summed E-state index contributed by atoms with van der Waals surface area (Å²) in [6.07, 6.45) is -2.61. The maximum Gasteiger partial charge on any atom is 0.258 e. The third-order valence-electron chi connectivity index (χ3n) is 1.79. The Labute approximate surface area is 101 Å². The van der Waals surface area contributed by atoms with Gasteiger partial charge in [0.2, 0.25) is 0 Å². The fraction of sp³-hybridized carbons (Fsp3) is 0.400. The molecule has 0 N–H and O–H groups in total. The van der Waals surface area contributed by atoms with Gasteiger partial charge in [-0.25, -0.2) is 8.78 Å². The molecule has 1 unspecified atom stereocenters. The van der Waals surface area contributed by atoms with Gasteiger partial charge < -0.3 is 4.74 Å². The minimum absolute atomic E-state index is 0.308. The van der Waals surface area contributed by atoms with Gasteiger partial charge in [-0.05, 0) is 25.1 Å². The molecule has 0 spiro atoms. The third kappa shape index (κ3) is 3.31. The first kappa shape index (κ1) is 12.7. The molecule has 0 aliphatic carbocycles. The van der Waals surface area contributed by atoms with Crippen LogP contribution in [0.5, 0.6) is 5.75 Å². The molecule has 1 rings (SSSR count). The zero-order valence-electron chi connectivity index (χ0n) is 8.01. The Morgan fingerprint density at radius 1 is 1.47 bits per heavy atom. The minimum Gasteiger partial charge on any atom is -0.494 e. The van der Waals surface area contributed by atoms with Crippen molar-refractivity contribution in [2.45, 2.75) is 18.7 Å². The summed E-state index contributed by atoms with van der Waals surface area (Å²) in [6.45, 7) is 2.21. The Morgan fingerprint density at radius 3 is 2.67 bits per heavy atom. The summed E-state index contributed by atoms with van der Waals surface area (Å²) in [5.74, 6) is 0.404. The largest absolute Gasteiger partial charge is 0.494 e. The van der Waals surface area contributed by atoms with Crippen LogP contribution in [0, 0.1) is 0 Å². The van der Waals surface area contributed by atoms with Crippen LogP contribution in [0.3, 0.4) is 0 Å². The Kier molecular flexibility index (Phi) is 4.80. The molecule has 1 nitrogen and oxygen atoms in total. The normalized spacial score (nSPS) is 12.9. The first-order valence-corrected chi connectivity index (χ1v) is 5.63. The minimum atomic E-state index is -2.61. The maximum absolute atomic E-state index is 12.5. The highest BCUT2D eigenvalue weighted by molar-refractivity contribution is 9.10. The number of alkyl halides is 3. The summed E-state index contributed by atoms with van der Waals surface area (Å²) in [7, 11) is 0. The molecule has 0 heterocycles. The standard InChI is InChI=1S/C10H10BrClF2O/c1-2-15-8-4-3-6(11)5-7(8)9(12)10(13)14/h3-5,9-10H,2H2,1H3. The van der Waals surface area contributed by atoms with Gasteiger partial charge in [0.1, 0.15) is 11.1 Å². The lowest BCUT2D eigenvalue weighted by Gasteiger charge is -2.14. The van der Waals surface area contributed by atoms with Crippen LogP contribution in [-0.2, 0) is 0 Å². The summed E-state index contributed by atoms with van der Waals surface area (Å²) in [6, 6.07) is 4.90. The molecule has 0 bridgehead atoms. The predicted molar refractivity (Wildman–Crippen MR) is 59.9 cm³/mol. The van der Waals surface area contributed by atoms with Gasteiger partial charge in [-0.15, -0.1) is 11.6 Å². The van der Waals surface area contributed by atoms with E-state index in [1.807, 2.05) is 0 Å². The van der Waals surface area contributed by atoms with Crippen molar-refractivity contribution in [3.8, 4) is 5.75 Å². The molecule has 0 aliphatic heterocycles. The van der Waals surface area contributed by atoms with E-state index in [1.165, 1.54) is 0 Å². The Balaban J connectivity index is 3.06. The van der Waals surface area contributed by atoms with Crippen LogP contribution in [0.2, 0.25) is 0 Å². The highest BCUT2D eigenvalue weighted by atomic mass is 79.9. The molecule has 0 amide bonds. The molecule has 0 radical (unpaired) electrons. The van der Waals surface area contributed by atoms with E-state index >= 15 is 0 Å². The lowest BCUT2D eigenvalue weighted by molar-refractivity contribution is 0.141. The number of ether oxygens (including phenoxy) is 1. The van der Waals surface area contributed by atoms with Gasteiger partial charge in [0.05, 0.1) is 6.61 Å². The molecule has 15 heavy (non-hydrogen) atoms. The first-order valence-electron chi connectivity index (χ1n) is 4.40. The molecule has 1 aromatic carbocycles. The van der Waals surface area contributed by atoms with E-state index in [2.05, 4.69) is 15.9 Å². The highest BCUT2D eigenvalue weighted by Gasteiger charge is 2.23.